The third-order valence-electron chi connectivity index (χ3n) is 3.37. The van der Waals surface area contributed by atoms with Gasteiger partial charge >= 0.3 is 0 Å². The first-order chi connectivity index (χ1) is 10.8. The van der Waals surface area contributed by atoms with Gasteiger partial charge in [-0.2, -0.15) is 0 Å². The second kappa shape index (κ2) is 6.75. The van der Waals surface area contributed by atoms with Crippen molar-refractivity contribution < 1.29 is 0 Å². The number of hydrogen-bond donors (Lipinski definition) is 0. The van der Waals surface area contributed by atoms with E-state index in [-0.39, 0.29) is 0 Å². The van der Waals surface area contributed by atoms with Crippen molar-refractivity contribution in [2.45, 2.75) is 0 Å². The van der Waals surface area contributed by atoms with Crippen LogP contribution in [-0.4, -0.2) is 0 Å². The summed E-state index contributed by atoms with van der Waals surface area (Å²) in [5, 5.41) is 2.28. The fourth-order valence-corrected chi connectivity index (χ4v) is 5.11. The molecule has 106 valence electrons. The van der Waals surface area contributed by atoms with Crippen LogP contribution in [0.25, 0.3) is 0 Å². The van der Waals surface area contributed by atoms with Gasteiger partial charge in [0.05, 0.1) is 6.04 Å². The van der Waals surface area contributed by atoms with E-state index in [0.29, 0.717) is 0 Å². The largest absolute Gasteiger partial charge is 0.0782 e. The molecule has 3 rings (SSSR count). The molecule has 0 spiro atoms. The van der Waals surface area contributed by atoms with Crippen LogP contribution in [0.5, 0.6) is 0 Å². The third-order valence-corrected chi connectivity index (χ3v) is 7.39. The Labute approximate surface area is 136 Å². The van der Waals surface area contributed by atoms with Crippen LogP contribution in [0.3, 0.4) is 0 Å². The Balaban J connectivity index is 2.13. The van der Waals surface area contributed by atoms with Gasteiger partial charge in [-0.05, 0) is 12.1 Å². The monoisotopic (exact) mass is 318 g/mol. The summed E-state index contributed by atoms with van der Waals surface area (Å²) < 4.78 is 0. The summed E-state index contributed by atoms with van der Waals surface area (Å²) in [7, 11) is 0. The Hall–Kier alpha value is -2.13. The van der Waals surface area contributed by atoms with Gasteiger partial charge in [-0.1, -0.05) is 102 Å². The zero-order valence-electron chi connectivity index (χ0n) is 12.0. The van der Waals surface area contributed by atoms with Gasteiger partial charge in [0.25, 0.3) is 0 Å². The first kappa shape index (κ1) is 14.8. The molecule has 0 radical (unpaired) electrons. The van der Waals surface area contributed by atoms with Gasteiger partial charge in [-0.3, -0.25) is 0 Å². The maximum Gasteiger partial charge on any atom is 0.0782 e. The first-order valence-corrected chi connectivity index (χ1v) is 9.89. The maximum atomic E-state index is 6.07. The molecule has 3 aromatic carbocycles. The molecule has 0 fully saturated rings. The fraction of sp³-hybridized carbons (Fsp3) is 0. The summed E-state index contributed by atoms with van der Waals surface area (Å²) in [5.41, 5.74) is 4.42. The molecule has 0 aliphatic carbocycles. The lowest BCUT2D eigenvalue weighted by Gasteiger charge is -2.16. The number of benzene rings is 3. The van der Waals surface area contributed by atoms with Crippen LogP contribution in [0.15, 0.2) is 91.0 Å². The SMILES string of the molecule is S=P(C#Cc1ccccc1)(c1ccccc1)c1ccccc1. The van der Waals surface area contributed by atoms with E-state index in [0.717, 1.165) is 16.2 Å². The van der Waals surface area contributed by atoms with Gasteiger partial charge in [-0.15, -0.1) is 0 Å². The van der Waals surface area contributed by atoms with Gasteiger partial charge in [0, 0.05) is 16.2 Å². The number of hydrogen-bond acceptors (Lipinski definition) is 1. The Kier molecular flexibility index (Phi) is 4.54. The van der Waals surface area contributed by atoms with Crippen molar-refractivity contribution >= 4 is 28.5 Å². The van der Waals surface area contributed by atoms with Crippen molar-refractivity contribution in [2.24, 2.45) is 0 Å². The van der Waals surface area contributed by atoms with Crippen molar-refractivity contribution in [1.29, 1.82) is 0 Å². The van der Waals surface area contributed by atoms with E-state index < -0.39 is 6.04 Å². The minimum Gasteiger partial charge on any atom is -0.0737 e. The lowest BCUT2D eigenvalue weighted by molar-refractivity contribution is 1.65. The zero-order valence-corrected chi connectivity index (χ0v) is 13.7. The molecule has 0 saturated heterocycles. The lowest BCUT2D eigenvalue weighted by Crippen LogP contribution is -2.13. The summed E-state index contributed by atoms with van der Waals surface area (Å²) in [4.78, 5) is 0. The first-order valence-electron chi connectivity index (χ1n) is 7.09. The minimum absolute atomic E-state index is 1.00. The summed E-state index contributed by atoms with van der Waals surface area (Å²) in [6, 6.07) is 28.4. The molecule has 0 saturated carbocycles. The third kappa shape index (κ3) is 3.20. The van der Waals surface area contributed by atoms with Crippen LogP contribution in [0, 0.1) is 11.6 Å². The minimum atomic E-state index is -2.12. The Morgan fingerprint density at radius 2 is 1.00 bits per heavy atom. The standard InChI is InChI=1S/C20H15PS/c22-21(19-12-6-2-7-13-19,20-14-8-3-9-15-20)17-16-18-10-4-1-5-11-18/h1-15H. The molecule has 22 heavy (non-hydrogen) atoms. The molecule has 2 heteroatoms. The van der Waals surface area contributed by atoms with E-state index >= 15 is 0 Å². The second-order valence-corrected chi connectivity index (χ2v) is 9.00. The summed E-state index contributed by atoms with van der Waals surface area (Å²) >= 11 is 6.07. The van der Waals surface area contributed by atoms with Gasteiger partial charge in [-0.25, -0.2) is 0 Å². The smallest absolute Gasteiger partial charge is 0.0737 e. The molecule has 0 amide bonds. The molecule has 0 bridgehead atoms. The normalized spacial score (nSPS) is 10.5. The van der Waals surface area contributed by atoms with Crippen LogP contribution in [0.1, 0.15) is 5.56 Å². The Bertz CT molecular complexity index is 800. The maximum absolute atomic E-state index is 6.07. The molecule has 0 heterocycles. The van der Waals surface area contributed by atoms with Crippen molar-refractivity contribution in [1.82, 2.24) is 0 Å². The Morgan fingerprint density at radius 3 is 1.45 bits per heavy atom. The predicted molar refractivity (Wildman–Crippen MR) is 99.8 cm³/mol. The molecular weight excluding hydrogens is 303 g/mol. The zero-order chi connectivity index (χ0) is 15.3. The van der Waals surface area contributed by atoms with Gasteiger partial charge in [0.1, 0.15) is 0 Å². The summed E-state index contributed by atoms with van der Waals surface area (Å²) in [6.45, 7) is 0. The van der Waals surface area contributed by atoms with Crippen LogP contribution in [-0.2, 0) is 11.8 Å². The van der Waals surface area contributed by atoms with E-state index in [1.165, 1.54) is 0 Å². The summed E-state index contributed by atoms with van der Waals surface area (Å²) in [6.07, 6.45) is 0. The van der Waals surface area contributed by atoms with E-state index in [9.17, 15) is 0 Å². The van der Waals surface area contributed by atoms with Crippen molar-refractivity contribution in [3.05, 3.63) is 96.6 Å². The molecule has 0 atom stereocenters. The molecule has 0 aromatic heterocycles. The van der Waals surface area contributed by atoms with Gasteiger partial charge < -0.3 is 0 Å². The molecule has 0 aliphatic heterocycles. The highest BCUT2D eigenvalue weighted by atomic mass is 32.4. The van der Waals surface area contributed by atoms with Crippen LogP contribution in [0.4, 0.5) is 0 Å². The van der Waals surface area contributed by atoms with Crippen LogP contribution < -0.4 is 10.6 Å². The van der Waals surface area contributed by atoms with Crippen LogP contribution >= 0.6 is 6.04 Å². The topological polar surface area (TPSA) is 0 Å². The average molecular weight is 318 g/mol. The molecule has 0 N–H and O–H groups in total. The highest BCUT2D eigenvalue weighted by molar-refractivity contribution is 8.24. The van der Waals surface area contributed by atoms with E-state index in [2.05, 4.69) is 35.8 Å². The molecular formula is C20H15PS. The highest BCUT2D eigenvalue weighted by Crippen LogP contribution is 2.42. The lowest BCUT2D eigenvalue weighted by atomic mass is 10.2. The Morgan fingerprint density at radius 1 is 0.591 bits per heavy atom. The predicted octanol–water partition coefficient (Wildman–Crippen LogP) is 4.13. The van der Waals surface area contributed by atoms with Gasteiger partial charge in [0.2, 0.25) is 0 Å². The van der Waals surface area contributed by atoms with E-state index in [1.807, 2.05) is 66.7 Å². The molecule has 0 nitrogen and oxygen atoms in total. The van der Waals surface area contributed by atoms with Crippen molar-refractivity contribution in [3.63, 3.8) is 0 Å². The fourth-order valence-electron chi connectivity index (χ4n) is 2.22. The second-order valence-electron chi connectivity index (χ2n) is 4.88. The summed E-state index contributed by atoms with van der Waals surface area (Å²) in [5.74, 6) is 3.28. The highest BCUT2D eigenvalue weighted by Gasteiger charge is 2.19. The van der Waals surface area contributed by atoms with Crippen molar-refractivity contribution in [2.75, 3.05) is 0 Å². The van der Waals surface area contributed by atoms with Gasteiger partial charge in [0.15, 0.2) is 0 Å². The van der Waals surface area contributed by atoms with E-state index in [4.69, 9.17) is 11.8 Å². The average Bonchev–Trinajstić information content (AvgIpc) is 2.62. The molecule has 3 aromatic rings. The quantitative estimate of drug-likeness (QED) is 0.506. The molecule has 0 aliphatic rings. The van der Waals surface area contributed by atoms with Crippen molar-refractivity contribution in [3.8, 4) is 11.6 Å². The molecule has 0 unspecified atom stereocenters. The number of rotatable bonds is 2. The van der Waals surface area contributed by atoms with E-state index in [1.54, 1.807) is 0 Å². The van der Waals surface area contributed by atoms with Crippen LogP contribution in [0.2, 0.25) is 0 Å².